The average Bonchev–Trinajstić information content (AvgIpc) is 3.89. The van der Waals surface area contributed by atoms with Crippen LogP contribution in [0, 0.1) is 94.7 Å². The van der Waals surface area contributed by atoms with Gasteiger partial charge in [-0.15, -0.1) is 0 Å². The fourth-order valence-electron chi connectivity index (χ4n) is 17.7. The van der Waals surface area contributed by atoms with Crippen molar-refractivity contribution in [2.24, 2.45) is 94.7 Å². The van der Waals surface area contributed by atoms with Crippen LogP contribution in [0.1, 0.15) is 184 Å². The third-order valence-electron chi connectivity index (χ3n) is 21.5. The molecule has 320 valence electrons. The monoisotopic (exact) mass is 773 g/mol. The summed E-state index contributed by atoms with van der Waals surface area (Å²) in [5.41, 5.74) is 0. The summed E-state index contributed by atoms with van der Waals surface area (Å²) in [6, 6.07) is 5.14. The Labute approximate surface area is 346 Å². The zero-order valence-electron chi connectivity index (χ0n) is 38.0. The Morgan fingerprint density at radius 2 is 0.357 bits per heavy atom. The third-order valence-corrected chi connectivity index (χ3v) is 21.5. The predicted molar refractivity (Wildman–Crippen MR) is 236 cm³/mol. The van der Waals surface area contributed by atoms with Gasteiger partial charge in [0.15, 0.2) is 0 Å². The van der Waals surface area contributed by atoms with Crippen LogP contribution in [0.15, 0.2) is 0 Å². The van der Waals surface area contributed by atoms with E-state index in [2.05, 4.69) is 55.4 Å². The second-order valence-corrected chi connectivity index (χ2v) is 23.6. The summed E-state index contributed by atoms with van der Waals surface area (Å²) in [5.74, 6) is 12.4. The largest absolute Gasteiger partial charge is 0.310 e. The molecule has 16 unspecified atom stereocenters. The topological polar surface area (TPSA) is 48.1 Å². The molecule has 0 aromatic heterocycles. The first-order valence-corrected chi connectivity index (χ1v) is 26.2. The normalized spacial score (nSPS) is 53.1. The van der Waals surface area contributed by atoms with E-state index in [-0.39, 0.29) is 0 Å². The lowest BCUT2D eigenvalue weighted by atomic mass is 9.65. The quantitative estimate of drug-likeness (QED) is 0.230. The number of nitrogens with one attached hydrogen (secondary N) is 4. The van der Waals surface area contributed by atoms with Crippen molar-refractivity contribution in [3.05, 3.63) is 0 Å². The molecule has 4 N–H and O–H groups in total. The highest BCUT2D eigenvalue weighted by molar-refractivity contribution is 5.16. The summed E-state index contributed by atoms with van der Waals surface area (Å²) in [7, 11) is 0. The van der Waals surface area contributed by atoms with Gasteiger partial charge in [-0.3, -0.25) is 0 Å². The molecule has 0 spiro atoms. The van der Waals surface area contributed by atoms with Crippen molar-refractivity contribution in [3.63, 3.8) is 0 Å². The zero-order chi connectivity index (χ0) is 38.8. The minimum Gasteiger partial charge on any atom is -0.310 e. The molecule has 8 bridgehead atoms. The van der Waals surface area contributed by atoms with Crippen LogP contribution in [-0.4, -0.2) is 48.3 Å². The highest BCUT2D eigenvalue weighted by atomic mass is 15.1. The van der Waals surface area contributed by atoms with Crippen molar-refractivity contribution in [3.8, 4) is 0 Å². The number of hydrogen-bond donors (Lipinski definition) is 4. The summed E-state index contributed by atoms with van der Waals surface area (Å²) in [4.78, 5) is 0. The smallest absolute Gasteiger partial charge is 0.0144 e. The molecular weight excluding hydrogens is 681 g/mol. The van der Waals surface area contributed by atoms with Gasteiger partial charge in [0.25, 0.3) is 0 Å². The van der Waals surface area contributed by atoms with Gasteiger partial charge in [-0.1, -0.05) is 184 Å². The van der Waals surface area contributed by atoms with Crippen molar-refractivity contribution in [1.82, 2.24) is 21.3 Å². The lowest BCUT2D eigenvalue weighted by molar-refractivity contribution is 0.0988. The molecule has 0 radical (unpaired) electrons. The van der Waals surface area contributed by atoms with E-state index in [0.717, 1.165) is 94.7 Å². The van der Waals surface area contributed by atoms with E-state index in [1.807, 2.05) is 0 Å². The van der Waals surface area contributed by atoms with Gasteiger partial charge in [0.05, 0.1) is 0 Å². The van der Waals surface area contributed by atoms with Crippen molar-refractivity contribution in [2.75, 3.05) is 0 Å². The zero-order valence-corrected chi connectivity index (χ0v) is 38.0. The molecule has 0 aromatic rings. The van der Waals surface area contributed by atoms with Gasteiger partial charge < -0.3 is 21.3 Å². The SMILES string of the molecule is CC1C(C)C2NC1C(C1CCCCC1)C1NC(C(C)C1C)C(C1CCCCC1)C1NC(C(C)C1C)C(C1CCCCC1)C1NC(C(C)C1C)C2C1CCCCC1. The maximum Gasteiger partial charge on any atom is 0.0144 e. The van der Waals surface area contributed by atoms with Crippen molar-refractivity contribution in [1.29, 1.82) is 0 Å². The first-order valence-electron chi connectivity index (χ1n) is 26.2. The highest BCUT2D eigenvalue weighted by Crippen LogP contribution is 2.54. The molecule has 0 amide bonds. The van der Waals surface area contributed by atoms with E-state index in [1.165, 1.54) is 128 Å². The number of hydrogen-bond acceptors (Lipinski definition) is 4. The maximum atomic E-state index is 4.80. The van der Waals surface area contributed by atoms with Gasteiger partial charge >= 0.3 is 0 Å². The summed E-state index contributed by atoms with van der Waals surface area (Å²) in [6.07, 6.45) is 29.3. The molecule has 9 fully saturated rings. The minimum absolute atomic E-state index is 0.643. The Bertz CT molecular complexity index is 1010. The Balaban J connectivity index is 1.18. The maximum absolute atomic E-state index is 4.80. The molecule has 5 aliphatic heterocycles. The molecule has 5 saturated heterocycles. The Morgan fingerprint density at radius 1 is 0.214 bits per heavy atom. The van der Waals surface area contributed by atoms with Crippen LogP contribution in [0.2, 0.25) is 0 Å². The minimum atomic E-state index is 0.643. The Kier molecular flexibility index (Phi) is 12.7. The molecule has 5 heterocycles. The lowest BCUT2D eigenvalue weighted by Gasteiger charge is -2.45. The standard InChI is InChI=1S/C52H92N4/c1-29-30(2)46-42(38-23-15-10-16-24-38)48-33(5)34(6)50(55-48)44(40-27-19-12-20-28-40)52-36(8)35(7)51(56-52)43(39-25-17-11-18-26-39)49-32(4)31(3)47(54-49)41(45(29)53-46)37-21-13-9-14-22-37/h29-56H,9-28H2,1-8H3. The predicted octanol–water partition coefficient (Wildman–Crippen LogP) is 11.2. The second-order valence-electron chi connectivity index (χ2n) is 23.6. The molecule has 16 atom stereocenters. The summed E-state index contributed by atoms with van der Waals surface area (Å²) < 4.78 is 0. The molecule has 4 saturated carbocycles. The summed E-state index contributed by atoms with van der Waals surface area (Å²) >= 11 is 0. The molecule has 9 aliphatic rings. The van der Waals surface area contributed by atoms with E-state index in [4.69, 9.17) is 21.3 Å². The van der Waals surface area contributed by atoms with E-state index in [9.17, 15) is 0 Å². The molecule has 4 heteroatoms. The molecular formula is C52H92N4. The van der Waals surface area contributed by atoms with Gasteiger partial charge in [0.1, 0.15) is 0 Å². The van der Waals surface area contributed by atoms with E-state index >= 15 is 0 Å². The van der Waals surface area contributed by atoms with Crippen LogP contribution in [0.3, 0.4) is 0 Å². The van der Waals surface area contributed by atoms with Gasteiger partial charge in [0, 0.05) is 48.3 Å². The van der Waals surface area contributed by atoms with E-state index in [1.54, 1.807) is 0 Å². The van der Waals surface area contributed by atoms with Crippen LogP contribution in [-0.2, 0) is 0 Å². The first-order chi connectivity index (χ1) is 27.2. The van der Waals surface area contributed by atoms with Crippen molar-refractivity contribution in [2.45, 2.75) is 232 Å². The summed E-state index contributed by atoms with van der Waals surface area (Å²) in [5, 5.41) is 19.2. The molecule has 4 nitrogen and oxygen atoms in total. The van der Waals surface area contributed by atoms with E-state index in [0.29, 0.717) is 48.3 Å². The molecule has 56 heavy (non-hydrogen) atoms. The fraction of sp³-hybridized carbons (Fsp3) is 1.00. The Morgan fingerprint density at radius 3 is 0.500 bits per heavy atom. The lowest BCUT2D eigenvalue weighted by Crippen LogP contribution is -2.58. The number of rotatable bonds is 4. The van der Waals surface area contributed by atoms with Gasteiger partial charge in [-0.25, -0.2) is 0 Å². The van der Waals surface area contributed by atoms with Gasteiger partial charge in [0.2, 0.25) is 0 Å². The van der Waals surface area contributed by atoms with Crippen LogP contribution in [0.25, 0.3) is 0 Å². The molecule has 9 rings (SSSR count). The molecule has 0 aromatic carbocycles. The Hall–Kier alpha value is -0.160. The van der Waals surface area contributed by atoms with Crippen LogP contribution >= 0.6 is 0 Å². The van der Waals surface area contributed by atoms with Gasteiger partial charge in [-0.05, 0) is 94.7 Å². The first kappa shape index (κ1) is 41.2. The molecule has 4 aliphatic carbocycles. The van der Waals surface area contributed by atoms with Crippen molar-refractivity contribution < 1.29 is 0 Å². The third kappa shape index (κ3) is 7.27. The van der Waals surface area contributed by atoms with Crippen LogP contribution in [0.5, 0.6) is 0 Å². The fourth-order valence-corrected chi connectivity index (χ4v) is 17.7. The second kappa shape index (κ2) is 17.3. The summed E-state index contributed by atoms with van der Waals surface area (Å²) in [6.45, 7) is 21.9. The van der Waals surface area contributed by atoms with Crippen LogP contribution in [0.4, 0.5) is 0 Å². The number of fused-ring (bicyclic) bond motifs is 8. The van der Waals surface area contributed by atoms with Crippen LogP contribution < -0.4 is 21.3 Å². The van der Waals surface area contributed by atoms with E-state index < -0.39 is 0 Å². The highest BCUT2D eigenvalue weighted by Gasteiger charge is 2.60. The average molecular weight is 773 g/mol. The van der Waals surface area contributed by atoms with Gasteiger partial charge in [-0.2, -0.15) is 0 Å². The van der Waals surface area contributed by atoms with Crippen molar-refractivity contribution >= 4 is 0 Å².